The number of aromatic nitrogens is 4. The summed E-state index contributed by atoms with van der Waals surface area (Å²) in [6.45, 7) is 4.55. The van der Waals surface area contributed by atoms with Crippen LogP contribution in [0.4, 0.5) is 0 Å². The molecule has 6 heteroatoms. The summed E-state index contributed by atoms with van der Waals surface area (Å²) < 4.78 is 2.30. The SMILES string of the molecule is Cc1cc(C(=O)N2CCCC(c3nccn3CC3CC3)C2)n[nH]1. The molecule has 1 saturated carbocycles. The highest BCUT2D eigenvalue weighted by atomic mass is 16.2. The van der Waals surface area contributed by atoms with Gasteiger partial charge in [0.2, 0.25) is 0 Å². The molecule has 0 spiro atoms. The van der Waals surface area contributed by atoms with Crippen molar-refractivity contribution in [3.05, 3.63) is 35.7 Å². The van der Waals surface area contributed by atoms with Gasteiger partial charge in [0, 0.05) is 43.6 Å². The van der Waals surface area contributed by atoms with Crippen LogP contribution < -0.4 is 0 Å². The molecule has 122 valence electrons. The maximum absolute atomic E-state index is 12.6. The van der Waals surface area contributed by atoms with Gasteiger partial charge in [-0.05, 0) is 44.6 Å². The molecular weight excluding hydrogens is 290 g/mol. The fourth-order valence-corrected chi connectivity index (χ4v) is 3.48. The standard InChI is InChI=1S/C17H23N5O/c1-12-9-15(20-19-12)17(23)22-7-2-3-14(11-22)16-18-6-8-21(16)10-13-4-5-13/h6,8-9,13-14H,2-5,7,10-11H2,1H3,(H,19,20). The summed E-state index contributed by atoms with van der Waals surface area (Å²) >= 11 is 0. The number of H-pyrrole nitrogens is 1. The van der Waals surface area contributed by atoms with Crippen molar-refractivity contribution < 1.29 is 4.79 Å². The van der Waals surface area contributed by atoms with Crippen LogP contribution in [0.15, 0.2) is 18.5 Å². The average Bonchev–Trinajstić information content (AvgIpc) is 3.07. The molecular formula is C17H23N5O. The molecule has 1 N–H and O–H groups in total. The largest absolute Gasteiger partial charge is 0.337 e. The molecule has 1 saturated heterocycles. The van der Waals surface area contributed by atoms with Crippen molar-refractivity contribution in [1.29, 1.82) is 0 Å². The molecule has 0 bridgehead atoms. The molecule has 0 aromatic carbocycles. The zero-order chi connectivity index (χ0) is 15.8. The minimum absolute atomic E-state index is 0.0272. The van der Waals surface area contributed by atoms with Crippen LogP contribution in [-0.2, 0) is 6.54 Å². The summed E-state index contributed by atoms with van der Waals surface area (Å²) in [5.74, 6) is 2.34. The van der Waals surface area contributed by atoms with Gasteiger partial charge >= 0.3 is 0 Å². The number of nitrogens with zero attached hydrogens (tertiary/aromatic N) is 4. The maximum atomic E-state index is 12.6. The number of hydrogen-bond donors (Lipinski definition) is 1. The minimum Gasteiger partial charge on any atom is -0.337 e. The Morgan fingerprint density at radius 2 is 2.26 bits per heavy atom. The molecule has 1 amide bonds. The van der Waals surface area contributed by atoms with Crippen molar-refractivity contribution in [1.82, 2.24) is 24.6 Å². The van der Waals surface area contributed by atoms with Crippen molar-refractivity contribution in [2.45, 2.75) is 45.1 Å². The summed E-state index contributed by atoms with van der Waals surface area (Å²) in [7, 11) is 0. The first-order valence-corrected chi connectivity index (χ1v) is 8.53. The third-order valence-electron chi connectivity index (χ3n) is 4.90. The van der Waals surface area contributed by atoms with Gasteiger partial charge < -0.3 is 9.47 Å². The fraction of sp³-hybridized carbons (Fsp3) is 0.588. The molecule has 1 unspecified atom stereocenters. The van der Waals surface area contributed by atoms with Gasteiger partial charge in [-0.2, -0.15) is 5.10 Å². The van der Waals surface area contributed by atoms with Crippen molar-refractivity contribution >= 4 is 5.91 Å². The number of amides is 1. The van der Waals surface area contributed by atoms with E-state index in [2.05, 4.69) is 25.9 Å². The average molecular weight is 313 g/mol. The molecule has 2 aromatic rings. The number of hydrogen-bond acceptors (Lipinski definition) is 3. The zero-order valence-electron chi connectivity index (χ0n) is 13.5. The smallest absolute Gasteiger partial charge is 0.274 e. The number of aryl methyl sites for hydroxylation is 1. The van der Waals surface area contributed by atoms with Crippen LogP contribution in [0.5, 0.6) is 0 Å². The predicted molar refractivity (Wildman–Crippen MR) is 86.2 cm³/mol. The first-order chi connectivity index (χ1) is 11.2. The van der Waals surface area contributed by atoms with Crippen LogP contribution in [0, 0.1) is 12.8 Å². The highest BCUT2D eigenvalue weighted by Gasteiger charge is 2.30. The highest BCUT2D eigenvalue weighted by molar-refractivity contribution is 5.92. The second-order valence-electron chi connectivity index (χ2n) is 6.91. The number of piperidine rings is 1. The summed E-state index contributed by atoms with van der Waals surface area (Å²) in [6.07, 6.45) is 8.79. The van der Waals surface area contributed by atoms with E-state index >= 15 is 0 Å². The molecule has 1 atom stereocenters. The lowest BCUT2D eigenvalue weighted by Crippen LogP contribution is -2.40. The number of carbonyl (C=O) groups excluding carboxylic acids is 1. The molecule has 6 nitrogen and oxygen atoms in total. The Labute approximate surface area is 135 Å². The van der Waals surface area contributed by atoms with Crippen LogP contribution in [0.2, 0.25) is 0 Å². The third-order valence-corrected chi connectivity index (χ3v) is 4.90. The summed E-state index contributed by atoms with van der Waals surface area (Å²) in [5, 5.41) is 6.96. The monoisotopic (exact) mass is 313 g/mol. The van der Waals surface area contributed by atoms with E-state index in [0.717, 1.165) is 49.9 Å². The number of rotatable bonds is 4. The summed E-state index contributed by atoms with van der Waals surface area (Å²) in [4.78, 5) is 19.1. The van der Waals surface area contributed by atoms with Crippen LogP contribution >= 0.6 is 0 Å². The zero-order valence-corrected chi connectivity index (χ0v) is 13.5. The first-order valence-electron chi connectivity index (χ1n) is 8.53. The summed E-state index contributed by atoms with van der Waals surface area (Å²) in [6, 6.07) is 1.82. The Balaban J connectivity index is 1.48. The Kier molecular flexibility index (Phi) is 3.67. The van der Waals surface area contributed by atoms with Gasteiger partial charge in [0.15, 0.2) is 0 Å². The molecule has 3 heterocycles. The van der Waals surface area contributed by atoms with Crippen molar-refractivity contribution in [3.8, 4) is 0 Å². The number of carbonyl (C=O) groups is 1. The molecule has 0 radical (unpaired) electrons. The topological polar surface area (TPSA) is 66.8 Å². The lowest BCUT2D eigenvalue weighted by Gasteiger charge is -2.32. The Morgan fingerprint density at radius 1 is 1.39 bits per heavy atom. The Hall–Kier alpha value is -2.11. The summed E-state index contributed by atoms with van der Waals surface area (Å²) in [5.41, 5.74) is 1.44. The maximum Gasteiger partial charge on any atom is 0.274 e. The quantitative estimate of drug-likeness (QED) is 0.942. The third kappa shape index (κ3) is 3.02. The normalized spacial score (nSPS) is 21.6. The van der Waals surface area contributed by atoms with Crippen LogP contribution in [0.1, 0.15) is 53.6 Å². The van der Waals surface area contributed by atoms with Crippen molar-refractivity contribution in [2.75, 3.05) is 13.1 Å². The highest BCUT2D eigenvalue weighted by Crippen LogP contribution is 2.33. The predicted octanol–water partition coefficient (Wildman–Crippen LogP) is 2.34. The Morgan fingerprint density at radius 3 is 3.00 bits per heavy atom. The first kappa shape index (κ1) is 14.5. The van der Waals surface area contributed by atoms with Gasteiger partial charge in [-0.1, -0.05) is 0 Å². The second kappa shape index (κ2) is 5.83. The van der Waals surface area contributed by atoms with Crippen LogP contribution in [0.3, 0.4) is 0 Å². The molecule has 23 heavy (non-hydrogen) atoms. The molecule has 4 rings (SSSR count). The molecule has 2 aromatic heterocycles. The van der Waals surface area contributed by atoms with E-state index in [0.29, 0.717) is 11.6 Å². The van der Waals surface area contributed by atoms with Gasteiger partial charge in [-0.25, -0.2) is 4.98 Å². The second-order valence-corrected chi connectivity index (χ2v) is 6.91. The molecule has 1 aliphatic heterocycles. The van der Waals surface area contributed by atoms with E-state index in [1.807, 2.05) is 24.1 Å². The van der Waals surface area contributed by atoms with Crippen LogP contribution in [-0.4, -0.2) is 43.6 Å². The van der Waals surface area contributed by atoms with E-state index in [-0.39, 0.29) is 5.91 Å². The van der Waals surface area contributed by atoms with Gasteiger partial charge in [-0.3, -0.25) is 9.89 Å². The van der Waals surface area contributed by atoms with Gasteiger partial charge in [0.1, 0.15) is 11.5 Å². The van der Waals surface area contributed by atoms with Crippen molar-refractivity contribution in [3.63, 3.8) is 0 Å². The van der Waals surface area contributed by atoms with Gasteiger partial charge in [0.05, 0.1) is 0 Å². The number of likely N-dealkylation sites (tertiary alicyclic amines) is 1. The van der Waals surface area contributed by atoms with E-state index in [1.165, 1.54) is 12.8 Å². The lowest BCUT2D eigenvalue weighted by atomic mass is 9.96. The van der Waals surface area contributed by atoms with Crippen molar-refractivity contribution in [2.24, 2.45) is 5.92 Å². The molecule has 2 aliphatic rings. The van der Waals surface area contributed by atoms with Gasteiger partial charge in [0.25, 0.3) is 5.91 Å². The Bertz CT molecular complexity index is 699. The van der Waals surface area contributed by atoms with E-state index in [9.17, 15) is 4.79 Å². The van der Waals surface area contributed by atoms with Crippen LogP contribution in [0.25, 0.3) is 0 Å². The molecule has 1 aliphatic carbocycles. The van der Waals surface area contributed by atoms with E-state index in [4.69, 9.17) is 0 Å². The number of imidazole rings is 1. The van der Waals surface area contributed by atoms with Gasteiger partial charge in [-0.15, -0.1) is 0 Å². The van der Waals surface area contributed by atoms with E-state index < -0.39 is 0 Å². The fourth-order valence-electron chi connectivity index (χ4n) is 3.48. The van der Waals surface area contributed by atoms with E-state index in [1.54, 1.807) is 0 Å². The number of aromatic amines is 1. The lowest BCUT2D eigenvalue weighted by molar-refractivity contribution is 0.0697. The molecule has 2 fully saturated rings. The number of nitrogens with one attached hydrogen (secondary N) is 1. The minimum atomic E-state index is 0.0272.